The van der Waals surface area contributed by atoms with Gasteiger partial charge in [-0.05, 0) is 54.8 Å². The third-order valence-corrected chi connectivity index (χ3v) is 3.86. The largest absolute Gasteiger partial charge is 0.454 e. The lowest BCUT2D eigenvalue weighted by Gasteiger charge is -2.13. The minimum atomic E-state index is 0.317. The number of anilines is 1. The Morgan fingerprint density at radius 3 is 2.50 bits per heavy atom. The zero-order valence-corrected chi connectivity index (χ0v) is 13.1. The van der Waals surface area contributed by atoms with Crippen LogP contribution < -0.4 is 14.8 Å². The van der Waals surface area contributed by atoms with E-state index in [-0.39, 0.29) is 0 Å². The van der Waals surface area contributed by atoms with Gasteiger partial charge in [0.1, 0.15) is 0 Å². The quantitative estimate of drug-likeness (QED) is 0.902. The van der Waals surface area contributed by atoms with Crippen molar-refractivity contribution in [2.75, 3.05) is 12.1 Å². The Balaban J connectivity index is 1.77. The van der Waals surface area contributed by atoms with Crippen LogP contribution in [0.4, 0.5) is 5.69 Å². The molecule has 0 saturated heterocycles. The molecule has 1 aliphatic rings. The standard InChI is InChI=1S/C16H16BrNO2/c1-10-5-13(17)6-11(2)16(10)18-8-12-3-4-14-15(7-12)20-9-19-14/h3-7,18H,8-9H2,1-2H3. The molecule has 0 fully saturated rings. The third-order valence-electron chi connectivity index (χ3n) is 3.40. The van der Waals surface area contributed by atoms with Crippen molar-refractivity contribution in [3.8, 4) is 11.5 Å². The van der Waals surface area contributed by atoms with Gasteiger partial charge in [0.25, 0.3) is 0 Å². The zero-order valence-electron chi connectivity index (χ0n) is 11.5. The Hall–Kier alpha value is -1.68. The molecule has 104 valence electrons. The van der Waals surface area contributed by atoms with Crippen molar-refractivity contribution in [2.24, 2.45) is 0 Å². The van der Waals surface area contributed by atoms with E-state index in [0.717, 1.165) is 22.5 Å². The first kappa shape index (κ1) is 13.3. The Morgan fingerprint density at radius 1 is 1.05 bits per heavy atom. The second-order valence-electron chi connectivity index (χ2n) is 4.96. The summed E-state index contributed by atoms with van der Waals surface area (Å²) >= 11 is 3.52. The van der Waals surface area contributed by atoms with Crippen LogP contribution in [-0.2, 0) is 6.54 Å². The van der Waals surface area contributed by atoms with E-state index in [1.165, 1.54) is 22.4 Å². The van der Waals surface area contributed by atoms with Gasteiger partial charge in [-0.25, -0.2) is 0 Å². The number of hydrogen-bond donors (Lipinski definition) is 1. The number of hydrogen-bond acceptors (Lipinski definition) is 3. The van der Waals surface area contributed by atoms with E-state index in [9.17, 15) is 0 Å². The smallest absolute Gasteiger partial charge is 0.231 e. The maximum Gasteiger partial charge on any atom is 0.231 e. The van der Waals surface area contributed by atoms with E-state index in [1.54, 1.807) is 0 Å². The van der Waals surface area contributed by atoms with E-state index in [1.807, 2.05) is 12.1 Å². The van der Waals surface area contributed by atoms with Crippen molar-refractivity contribution in [1.82, 2.24) is 0 Å². The van der Waals surface area contributed by atoms with Crippen molar-refractivity contribution in [3.05, 3.63) is 51.5 Å². The molecule has 20 heavy (non-hydrogen) atoms. The minimum absolute atomic E-state index is 0.317. The lowest BCUT2D eigenvalue weighted by atomic mass is 10.1. The lowest BCUT2D eigenvalue weighted by Crippen LogP contribution is -2.03. The normalized spacial score (nSPS) is 12.6. The molecule has 0 amide bonds. The number of rotatable bonds is 3. The van der Waals surface area contributed by atoms with Crippen LogP contribution in [-0.4, -0.2) is 6.79 Å². The van der Waals surface area contributed by atoms with Crippen LogP contribution in [0.2, 0.25) is 0 Å². The van der Waals surface area contributed by atoms with Crippen molar-refractivity contribution in [1.29, 1.82) is 0 Å². The summed E-state index contributed by atoms with van der Waals surface area (Å²) in [5, 5.41) is 3.50. The van der Waals surface area contributed by atoms with Gasteiger partial charge < -0.3 is 14.8 Å². The first-order valence-corrected chi connectivity index (χ1v) is 7.32. The highest BCUT2D eigenvalue weighted by molar-refractivity contribution is 9.10. The van der Waals surface area contributed by atoms with E-state index in [4.69, 9.17) is 9.47 Å². The summed E-state index contributed by atoms with van der Waals surface area (Å²) in [4.78, 5) is 0. The monoisotopic (exact) mass is 333 g/mol. The summed E-state index contributed by atoms with van der Waals surface area (Å²) in [6, 6.07) is 10.3. The molecule has 2 aromatic carbocycles. The molecular weight excluding hydrogens is 318 g/mol. The average molecular weight is 334 g/mol. The summed E-state index contributed by atoms with van der Waals surface area (Å²) in [7, 11) is 0. The molecule has 1 aliphatic heterocycles. The van der Waals surface area contributed by atoms with Gasteiger partial charge in [-0.15, -0.1) is 0 Å². The molecular formula is C16H16BrNO2. The Kier molecular flexibility index (Phi) is 3.57. The maximum atomic E-state index is 5.40. The Labute approximate surface area is 127 Å². The summed E-state index contributed by atoms with van der Waals surface area (Å²) in [6.07, 6.45) is 0. The van der Waals surface area contributed by atoms with Gasteiger partial charge in [0.05, 0.1) is 0 Å². The second-order valence-corrected chi connectivity index (χ2v) is 5.87. The highest BCUT2D eigenvalue weighted by atomic mass is 79.9. The van der Waals surface area contributed by atoms with Crippen LogP contribution in [0.3, 0.4) is 0 Å². The predicted molar refractivity (Wildman–Crippen MR) is 83.5 cm³/mol. The Morgan fingerprint density at radius 2 is 1.75 bits per heavy atom. The molecule has 0 atom stereocenters. The van der Waals surface area contributed by atoms with Crippen molar-refractivity contribution < 1.29 is 9.47 Å². The highest BCUT2D eigenvalue weighted by Gasteiger charge is 2.13. The number of nitrogens with one attached hydrogen (secondary N) is 1. The highest BCUT2D eigenvalue weighted by Crippen LogP contribution is 2.33. The summed E-state index contributed by atoms with van der Waals surface area (Å²) in [5.74, 6) is 1.65. The number of aryl methyl sites for hydroxylation is 2. The van der Waals surface area contributed by atoms with E-state index < -0.39 is 0 Å². The predicted octanol–water partition coefficient (Wildman–Crippen LogP) is 4.41. The van der Waals surface area contributed by atoms with Crippen LogP contribution in [0.1, 0.15) is 16.7 Å². The first-order chi connectivity index (χ1) is 9.63. The van der Waals surface area contributed by atoms with Crippen molar-refractivity contribution >= 4 is 21.6 Å². The summed E-state index contributed by atoms with van der Waals surface area (Å²) in [5.41, 5.74) is 4.83. The summed E-state index contributed by atoms with van der Waals surface area (Å²) in [6.45, 7) is 5.30. The fourth-order valence-corrected chi connectivity index (χ4v) is 3.12. The molecule has 0 aliphatic carbocycles. The van der Waals surface area contributed by atoms with Crippen molar-refractivity contribution in [3.63, 3.8) is 0 Å². The van der Waals surface area contributed by atoms with Gasteiger partial charge in [0, 0.05) is 16.7 Å². The Bertz CT molecular complexity index is 632. The van der Waals surface area contributed by atoms with E-state index in [2.05, 4.69) is 53.3 Å². The number of benzene rings is 2. The van der Waals surface area contributed by atoms with Crippen molar-refractivity contribution in [2.45, 2.75) is 20.4 Å². The molecule has 0 bridgehead atoms. The van der Waals surface area contributed by atoms with Gasteiger partial charge in [0.2, 0.25) is 6.79 Å². The lowest BCUT2D eigenvalue weighted by molar-refractivity contribution is 0.174. The second kappa shape index (κ2) is 5.37. The molecule has 0 radical (unpaired) electrons. The van der Waals surface area contributed by atoms with E-state index >= 15 is 0 Å². The van der Waals surface area contributed by atoms with Crippen LogP contribution >= 0.6 is 15.9 Å². The molecule has 0 saturated carbocycles. The third kappa shape index (κ3) is 2.61. The van der Waals surface area contributed by atoms with Gasteiger partial charge in [0.15, 0.2) is 11.5 Å². The fourth-order valence-electron chi connectivity index (χ4n) is 2.43. The van der Waals surface area contributed by atoms with Crippen LogP contribution in [0.5, 0.6) is 11.5 Å². The number of ether oxygens (including phenoxy) is 2. The molecule has 1 heterocycles. The van der Waals surface area contributed by atoms with Gasteiger partial charge >= 0.3 is 0 Å². The van der Waals surface area contributed by atoms with Crippen LogP contribution in [0, 0.1) is 13.8 Å². The molecule has 3 rings (SSSR count). The molecule has 1 N–H and O–H groups in total. The molecule has 2 aromatic rings. The SMILES string of the molecule is Cc1cc(Br)cc(C)c1NCc1ccc2c(c1)OCO2. The zero-order chi connectivity index (χ0) is 14.1. The molecule has 3 nitrogen and oxygen atoms in total. The topological polar surface area (TPSA) is 30.5 Å². The number of halogens is 1. The summed E-state index contributed by atoms with van der Waals surface area (Å²) < 4.78 is 11.8. The maximum absolute atomic E-state index is 5.40. The van der Waals surface area contributed by atoms with E-state index in [0.29, 0.717) is 6.79 Å². The van der Waals surface area contributed by atoms with Gasteiger partial charge in [-0.1, -0.05) is 22.0 Å². The fraction of sp³-hybridized carbons (Fsp3) is 0.250. The van der Waals surface area contributed by atoms with Crippen LogP contribution in [0.15, 0.2) is 34.8 Å². The number of fused-ring (bicyclic) bond motifs is 1. The first-order valence-electron chi connectivity index (χ1n) is 6.52. The average Bonchev–Trinajstić information content (AvgIpc) is 2.84. The molecule has 0 aromatic heterocycles. The van der Waals surface area contributed by atoms with Crippen LogP contribution in [0.25, 0.3) is 0 Å². The molecule has 4 heteroatoms. The molecule has 0 unspecified atom stereocenters. The molecule has 0 spiro atoms. The van der Waals surface area contributed by atoms with Gasteiger partial charge in [-0.3, -0.25) is 0 Å². The minimum Gasteiger partial charge on any atom is -0.454 e. The van der Waals surface area contributed by atoms with Gasteiger partial charge in [-0.2, -0.15) is 0 Å².